The Bertz CT molecular complexity index is 867. The van der Waals surface area contributed by atoms with E-state index in [0.29, 0.717) is 5.69 Å². The van der Waals surface area contributed by atoms with Gasteiger partial charge in [-0.15, -0.1) is 11.8 Å². The molecule has 5 nitrogen and oxygen atoms in total. The molecule has 154 valence electrons. The molecule has 7 heteroatoms. The molecule has 0 aliphatic carbocycles. The molecular weight excluding hydrogens is 389 g/mol. The molecule has 1 atom stereocenters. The predicted molar refractivity (Wildman–Crippen MR) is 118 cm³/mol. The largest absolute Gasteiger partial charge is 0.370 e. The second kappa shape index (κ2) is 9.78. The molecule has 1 unspecified atom stereocenters. The van der Waals surface area contributed by atoms with Crippen molar-refractivity contribution >= 4 is 40.6 Å². The normalized spacial score (nSPS) is 14.5. The fourth-order valence-corrected chi connectivity index (χ4v) is 3.88. The zero-order chi connectivity index (χ0) is 20.8. The summed E-state index contributed by atoms with van der Waals surface area (Å²) in [6, 6.07) is 12.4. The van der Waals surface area contributed by atoms with Gasteiger partial charge in [-0.3, -0.25) is 9.59 Å². The molecule has 1 aliphatic heterocycles. The van der Waals surface area contributed by atoms with E-state index in [1.165, 1.54) is 17.8 Å². The number of carbonyl (C=O) groups excluding carboxylic acids is 2. The number of carbonyl (C=O) groups is 2. The minimum Gasteiger partial charge on any atom is -0.370 e. The summed E-state index contributed by atoms with van der Waals surface area (Å²) in [4.78, 5) is 26.8. The molecule has 2 aromatic rings. The number of aryl methyl sites for hydroxylation is 1. The highest BCUT2D eigenvalue weighted by Crippen LogP contribution is 2.31. The highest BCUT2D eigenvalue weighted by atomic mass is 32.2. The third-order valence-electron chi connectivity index (χ3n) is 4.86. The number of anilines is 3. The van der Waals surface area contributed by atoms with Gasteiger partial charge in [0.1, 0.15) is 11.5 Å². The summed E-state index contributed by atoms with van der Waals surface area (Å²) < 4.78 is 14.4. The van der Waals surface area contributed by atoms with E-state index in [2.05, 4.69) is 15.5 Å². The molecule has 3 rings (SSSR count). The molecule has 2 aromatic carbocycles. The van der Waals surface area contributed by atoms with Gasteiger partial charge in [-0.25, -0.2) is 4.39 Å². The van der Waals surface area contributed by atoms with Gasteiger partial charge in [-0.2, -0.15) is 0 Å². The fraction of sp³-hybridized carbons (Fsp3) is 0.364. The summed E-state index contributed by atoms with van der Waals surface area (Å²) in [6.07, 6.45) is 2.12. The van der Waals surface area contributed by atoms with Crippen molar-refractivity contribution in [3.8, 4) is 0 Å². The molecule has 1 saturated heterocycles. The summed E-state index contributed by atoms with van der Waals surface area (Å²) >= 11 is 1.22. The van der Waals surface area contributed by atoms with Crippen LogP contribution < -0.4 is 15.5 Å². The van der Waals surface area contributed by atoms with E-state index >= 15 is 0 Å². The number of rotatable bonds is 7. The van der Waals surface area contributed by atoms with Crippen LogP contribution in [-0.2, 0) is 9.59 Å². The molecule has 0 spiro atoms. The van der Waals surface area contributed by atoms with Gasteiger partial charge in [-0.05, 0) is 51.0 Å². The highest BCUT2D eigenvalue weighted by molar-refractivity contribution is 8.01. The van der Waals surface area contributed by atoms with Gasteiger partial charge in [0.15, 0.2) is 0 Å². The topological polar surface area (TPSA) is 61.4 Å². The second-order valence-electron chi connectivity index (χ2n) is 7.18. The van der Waals surface area contributed by atoms with E-state index in [9.17, 15) is 14.0 Å². The summed E-state index contributed by atoms with van der Waals surface area (Å²) in [6.45, 7) is 5.41. The molecule has 0 bridgehead atoms. The van der Waals surface area contributed by atoms with E-state index in [1.807, 2.05) is 37.3 Å². The summed E-state index contributed by atoms with van der Waals surface area (Å²) in [5.74, 6) is -0.804. The lowest BCUT2D eigenvalue weighted by atomic mass is 10.2. The van der Waals surface area contributed by atoms with Gasteiger partial charge in [0, 0.05) is 18.8 Å². The van der Waals surface area contributed by atoms with E-state index in [0.717, 1.165) is 37.2 Å². The minimum atomic E-state index is -0.496. The fourth-order valence-electron chi connectivity index (χ4n) is 3.19. The highest BCUT2D eigenvalue weighted by Gasteiger charge is 2.22. The lowest BCUT2D eigenvalue weighted by molar-refractivity contribution is -0.115. The van der Waals surface area contributed by atoms with E-state index < -0.39 is 11.1 Å². The predicted octanol–water partition coefficient (Wildman–Crippen LogP) is 4.43. The maximum absolute atomic E-state index is 14.4. The number of benzene rings is 2. The molecule has 0 saturated carbocycles. The molecule has 1 heterocycles. The van der Waals surface area contributed by atoms with Crippen LogP contribution in [0.3, 0.4) is 0 Å². The van der Waals surface area contributed by atoms with Gasteiger partial charge < -0.3 is 15.5 Å². The van der Waals surface area contributed by atoms with Crippen molar-refractivity contribution in [2.24, 2.45) is 0 Å². The van der Waals surface area contributed by atoms with Crippen LogP contribution in [0.15, 0.2) is 42.5 Å². The van der Waals surface area contributed by atoms with Crippen LogP contribution in [-0.4, -0.2) is 35.9 Å². The maximum atomic E-state index is 14.4. The van der Waals surface area contributed by atoms with Gasteiger partial charge in [0.2, 0.25) is 11.8 Å². The molecule has 0 radical (unpaired) electrons. The first-order valence-corrected chi connectivity index (χ1v) is 10.8. The van der Waals surface area contributed by atoms with Gasteiger partial charge in [0.05, 0.1) is 16.7 Å². The van der Waals surface area contributed by atoms with Crippen LogP contribution in [0.5, 0.6) is 0 Å². The smallest absolute Gasteiger partial charge is 0.237 e. The van der Waals surface area contributed by atoms with Crippen LogP contribution in [0.2, 0.25) is 0 Å². The van der Waals surface area contributed by atoms with E-state index in [4.69, 9.17) is 0 Å². The average molecular weight is 416 g/mol. The Morgan fingerprint density at radius 3 is 2.48 bits per heavy atom. The van der Waals surface area contributed by atoms with Crippen LogP contribution in [0.1, 0.15) is 25.3 Å². The van der Waals surface area contributed by atoms with Crippen LogP contribution in [0, 0.1) is 12.7 Å². The lowest BCUT2D eigenvalue weighted by Crippen LogP contribution is -2.27. The van der Waals surface area contributed by atoms with Gasteiger partial charge >= 0.3 is 0 Å². The van der Waals surface area contributed by atoms with Crippen LogP contribution in [0.4, 0.5) is 21.5 Å². The maximum Gasteiger partial charge on any atom is 0.237 e. The van der Waals surface area contributed by atoms with Crippen LogP contribution >= 0.6 is 11.8 Å². The Kier molecular flexibility index (Phi) is 7.14. The Labute approximate surface area is 175 Å². The van der Waals surface area contributed by atoms with Gasteiger partial charge in [-0.1, -0.05) is 23.8 Å². The van der Waals surface area contributed by atoms with Crippen molar-refractivity contribution in [3.63, 3.8) is 0 Å². The summed E-state index contributed by atoms with van der Waals surface area (Å²) in [5, 5.41) is 5.04. The van der Waals surface area contributed by atoms with Crippen molar-refractivity contribution in [3.05, 3.63) is 53.8 Å². The Morgan fingerprint density at radius 1 is 1.10 bits per heavy atom. The second-order valence-corrected chi connectivity index (χ2v) is 8.51. The zero-order valence-corrected chi connectivity index (χ0v) is 17.5. The quantitative estimate of drug-likeness (QED) is 0.702. The van der Waals surface area contributed by atoms with Crippen LogP contribution in [0.25, 0.3) is 0 Å². The minimum absolute atomic E-state index is 0.138. The average Bonchev–Trinajstić information content (AvgIpc) is 3.24. The lowest BCUT2D eigenvalue weighted by Gasteiger charge is -2.22. The summed E-state index contributed by atoms with van der Waals surface area (Å²) in [5.41, 5.74) is 2.77. The van der Waals surface area contributed by atoms with Crippen molar-refractivity contribution in [1.82, 2.24) is 0 Å². The summed E-state index contributed by atoms with van der Waals surface area (Å²) in [7, 11) is 0. The number of halogens is 1. The van der Waals surface area contributed by atoms with Crippen molar-refractivity contribution in [2.75, 3.05) is 34.4 Å². The third kappa shape index (κ3) is 5.73. The number of amides is 2. The Hall–Kier alpha value is -2.54. The number of hydrogen-bond acceptors (Lipinski definition) is 4. The molecule has 29 heavy (non-hydrogen) atoms. The number of nitrogens with one attached hydrogen (secondary N) is 2. The Balaban J connectivity index is 1.55. The molecule has 1 aliphatic rings. The van der Waals surface area contributed by atoms with Crippen molar-refractivity contribution in [1.29, 1.82) is 0 Å². The number of para-hydroxylation sites is 1. The monoisotopic (exact) mass is 415 g/mol. The van der Waals surface area contributed by atoms with E-state index in [-0.39, 0.29) is 23.3 Å². The van der Waals surface area contributed by atoms with E-state index in [1.54, 1.807) is 13.0 Å². The molecule has 2 amide bonds. The molecule has 2 N–H and O–H groups in total. The number of hydrogen-bond donors (Lipinski definition) is 2. The third-order valence-corrected chi connectivity index (χ3v) is 6.00. The van der Waals surface area contributed by atoms with Crippen molar-refractivity contribution in [2.45, 2.75) is 31.9 Å². The van der Waals surface area contributed by atoms with Crippen molar-refractivity contribution < 1.29 is 14.0 Å². The standard InChI is InChI=1S/C22H26FN3O2S/c1-15-8-10-17(11-9-15)24-20(27)14-29-16(2)22(28)25-21-18(23)6-5-7-19(21)26-12-3-4-13-26/h5-11,16H,3-4,12-14H2,1-2H3,(H,24,27)(H,25,28). The zero-order valence-electron chi connectivity index (χ0n) is 16.7. The Morgan fingerprint density at radius 2 is 1.79 bits per heavy atom. The number of thioether (sulfide) groups is 1. The molecule has 0 aromatic heterocycles. The SMILES string of the molecule is Cc1ccc(NC(=O)CSC(C)C(=O)Nc2c(F)cccc2N2CCCC2)cc1. The molecular formula is C22H26FN3O2S. The molecule has 1 fully saturated rings. The first kappa shape index (κ1) is 21.2. The first-order chi connectivity index (χ1) is 13.9. The first-order valence-electron chi connectivity index (χ1n) is 9.76. The number of nitrogens with zero attached hydrogens (tertiary/aromatic N) is 1. The van der Waals surface area contributed by atoms with Gasteiger partial charge in [0.25, 0.3) is 0 Å².